The van der Waals surface area contributed by atoms with Crippen molar-refractivity contribution in [3.05, 3.63) is 12.2 Å². The Morgan fingerprint density at radius 3 is 0.879 bits per heavy atom. The van der Waals surface area contributed by atoms with Gasteiger partial charge in [-0.05, 0) is 38.5 Å². The lowest BCUT2D eigenvalue weighted by atomic mass is 9.99. The number of amides is 1. The number of rotatable bonds is 56. The lowest BCUT2D eigenvalue weighted by molar-refractivity contribution is -0.132. The number of carbonyl (C=O) groups is 1. The predicted molar refractivity (Wildman–Crippen MR) is 288 cm³/mol. The van der Waals surface area contributed by atoms with Crippen molar-refractivity contribution in [1.29, 1.82) is 0 Å². The smallest absolute Gasteiger partial charge is 0.249 e. The number of allylic oxidation sites excluding steroid dienone is 2. The maximum absolute atomic E-state index is 12.6. The summed E-state index contributed by atoms with van der Waals surface area (Å²) in [7, 11) is 0. The highest BCUT2D eigenvalue weighted by molar-refractivity contribution is 5.80. The quantitative estimate of drug-likeness (QED) is 0.0308. The summed E-state index contributed by atoms with van der Waals surface area (Å²) < 4.78 is 0. The molecule has 0 aromatic carbocycles. The van der Waals surface area contributed by atoms with Gasteiger partial charge >= 0.3 is 0 Å². The fourth-order valence-corrected chi connectivity index (χ4v) is 9.76. The number of aliphatic hydroxyl groups is 4. The molecule has 6 heteroatoms. The molecule has 0 aliphatic rings. The monoisotopic (exact) mass is 934 g/mol. The molecule has 5 N–H and O–H groups in total. The van der Waals surface area contributed by atoms with Crippen molar-refractivity contribution in [3.63, 3.8) is 0 Å². The molecule has 0 aromatic rings. The molecule has 0 heterocycles. The van der Waals surface area contributed by atoms with Crippen LogP contribution in [0.3, 0.4) is 0 Å². The van der Waals surface area contributed by atoms with Crippen LogP contribution >= 0.6 is 0 Å². The number of aliphatic hydroxyl groups excluding tert-OH is 4. The maximum Gasteiger partial charge on any atom is 0.249 e. The molecule has 0 fully saturated rings. The summed E-state index contributed by atoms with van der Waals surface area (Å²) in [4.78, 5) is 12.6. The van der Waals surface area contributed by atoms with Crippen molar-refractivity contribution in [3.8, 4) is 0 Å². The topological polar surface area (TPSA) is 110 Å². The molecule has 0 spiro atoms. The van der Waals surface area contributed by atoms with E-state index in [-0.39, 0.29) is 0 Å². The van der Waals surface area contributed by atoms with Gasteiger partial charge in [0.15, 0.2) is 0 Å². The van der Waals surface area contributed by atoms with E-state index in [9.17, 15) is 25.2 Å². The Labute approximate surface area is 412 Å². The minimum Gasteiger partial charge on any atom is -0.394 e. The summed E-state index contributed by atoms with van der Waals surface area (Å²) in [5.41, 5.74) is 0. The van der Waals surface area contributed by atoms with Crippen molar-refractivity contribution in [2.24, 2.45) is 0 Å². The van der Waals surface area contributed by atoms with Crippen LogP contribution in [-0.2, 0) is 4.79 Å². The average Bonchev–Trinajstić information content (AvgIpc) is 3.32. The summed E-state index contributed by atoms with van der Waals surface area (Å²) in [6.45, 7) is 4.09. The van der Waals surface area contributed by atoms with Gasteiger partial charge in [0, 0.05) is 0 Å². The molecule has 6 nitrogen and oxygen atoms in total. The molecule has 0 saturated heterocycles. The van der Waals surface area contributed by atoms with Crippen LogP contribution < -0.4 is 5.32 Å². The highest BCUT2D eigenvalue weighted by Crippen LogP contribution is 2.19. The van der Waals surface area contributed by atoms with Gasteiger partial charge in [-0.3, -0.25) is 4.79 Å². The van der Waals surface area contributed by atoms with E-state index in [1.165, 1.54) is 263 Å². The standard InChI is InChI=1S/C60H119NO5/c1-3-5-7-9-11-13-15-17-19-21-23-24-25-26-27-28-29-30-31-32-33-34-36-37-39-41-43-45-47-49-51-53-57(63)59(65)56(55-62)61-60(66)58(64)54-52-50-48-46-44-42-40-38-35-22-20-18-16-14-12-10-8-6-4-2/h35,38,56-59,62-65H,3-34,36-37,39-55H2,1-2H3,(H,61,66)/b38-35-. The maximum atomic E-state index is 12.6. The first-order chi connectivity index (χ1) is 32.5. The summed E-state index contributed by atoms with van der Waals surface area (Å²) >= 11 is 0. The third-order valence-electron chi connectivity index (χ3n) is 14.5. The summed E-state index contributed by atoms with van der Waals surface area (Å²) in [6, 6.07) is -0.986. The van der Waals surface area contributed by atoms with Gasteiger partial charge in [-0.1, -0.05) is 309 Å². The van der Waals surface area contributed by atoms with Crippen LogP contribution in [0.4, 0.5) is 0 Å². The first-order valence-electron chi connectivity index (χ1n) is 30.1. The van der Waals surface area contributed by atoms with Gasteiger partial charge in [0.25, 0.3) is 0 Å². The van der Waals surface area contributed by atoms with Gasteiger partial charge in [0.2, 0.25) is 5.91 Å². The van der Waals surface area contributed by atoms with E-state index < -0.39 is 36.9 Å². The Morgan fingerprint density at radius 1 is 0.364 bits per heavy atom. The van der Waals surface area contributed by atoms with E-state index in [1.807, 2.05) is 0 Å². The third kappa shape index (κ3) is 48.1. The van der Waals surface area contributed by atoms with Crippen LogP contribution in [0, 0.1) is 0 Å². The minimum absolute atomic E-state index is 0.365. The van der Waals surface area contributed by atoms with Gasteiger partial charge < -0.3 is 25.7 Å². The minimum atomic E-state index is -1.26. The molecule has 66 heavy (non-hydrogen) atoms. The van der Waals surface area contributed by atoms with Crippen molar-refractivity contribution in [2.75, 3.05) is 6.61 Å². The van der Waals surface area contributed by atoms with E-state index in [0.29, 0.717) is 12.8 Å². The highest BCUT2D eigenvalue weighted by atomic mass is 16.3. The summed E-state index contributed by atoms with van der Waals surface area (Å²) in [5.74, 6) is -0.583. The largest absolute Gasteiger partial charge is 0.394 e. The Morgan fingerprint density at radius 2 is 0.606 bits per heavy atom. The Bertz CT molecular complexity index is 959. The van der Waals surface area contributed by atoms with Crippen molar-refractivity contribution in [2.45, 2.75) is 359 Å². The van der Waals surface area contributed by atoms with Gasteiger partial charge in [-0.2, -0.15) is 0 Å². The van der Waals surface area contributed by atoms with Crippen LogP contribution in [0.5, 0.6) is 0 Å². The second-order valence-corrected chi connectivity index (χ2v) is 21.1. The predicted octanol–water partition coefficient (Wildman–Crippen LogP) is 17.6. The number of hydrogen-bond acceptors (Lipinski definition) is 5. The molecule has 0 radical (unpaired) electrons. The first-order valence-corrected chi connectivity index (χ1v) is 30.1. The molecule has 0 bridgehead atoms. The molecule has 4 atom stereocenters. The Hall–Kier alpha value is -0.950. The van der Waals surface area contributed by atoms with Crippen LogP contribution in [0.15, 0.2) is 12.2 Å². The van der Waals surface area contributed by atoms with Gasteiger partial charge in [0.1, 0.15) is 12.2 Å². The number of carbonyl (C=O) groups excluding carboxylic acids is 1. The van der Waals surface area contributed by atoms with E-state index in [1.54, 1.807) is 0 Å². The molecular weight excluding hydrogens is 815 g/mol. The zero-order chi connectivity index (χ0) is 48.1. The average molecular weight is 935 g/mol. The van der Waals surface area contributed by atoms with E-state index in [4.69, 9.17) is 0 Å². The Balaban J connectivity index is 3.56. The molecule has 4 unspecified atom stereocenters. The van der Waals surface area contributed by atoms with Crippen LogP contribution in [0.25, 0.3) is 0 Å². The number of hydrogen-bond donors (Lipinski definition) is 5. The SMILES string of the molecule is CCCCCCCCCCC/C=C\CCCCCCCCC(O)C(=O)NC(CO)C(O)C(O)CCCCCCCCCCCCCCCCCCCCCCCCCCCCCCCCC. The fraction of sp³-hybridized carbons (Fsp3) is 0.950. The summed E-state index contributed by atoms with van der Waals surface area (Å²) in [5, 5.41) is 44.1. The molecule has 394 valence electrons. The van der Waals surface area contributed by atoms with Gasteiger partial charge in [0.05, 0.1) is 18.8 Å². The van der Waals surface area contributed by atoms with Gasteiger partial charge in [-0.15, -0.1) is 0 Å². The Kier molecular flexibility index (Phi) is 54.2. The molecule has 0 aliphatic heterocycles. The highest BCUT2D eigenvalue weighted by Gasteiger charge is 2.28. The van der Waals surface area contributed by atoms with Crippen LogP contribution in [0.2, 0.25) is 0 Å². The first kappa shape index (κ1) is 65.0. The molecule has 0 aromatic heterocycles. The zero-order valence-corrected chi connectivity index (χ0v) is 44.7. The normalized spacial score (nSPS) is 13.7. The number of nitrogens with one attached hydrogen (secondary N) is 1. The molecule has 0 aliphatic carbocycles. The fourth-order valence-electron chi connectivity index (χ4n) is 9.76. The van der Waals surface area contributed by atoms with Crippen LogP contribution in [0.1, 0.15) is 335 Å². The van der Waals surface area contributed by atoms with E-state index >= 15 is 0 Å². The molecule has 0 saturated carbocycles. The van der Waals surface area contributed by atoms with Crippen molar-refractivity contribution < 1.29 is 25.2 Å². The second-order valence-electron chi connectivity index (χ2n) is 21.1. The molecule has 1 amide bonds. The summed E-state index contributed by atoms with van der Waals surface area (Å²) in [6.07, 6.45) is 65.8. The van der Waals surface area contributed by atoms with E-state index in [2.05, 4.69) is 31.3 Å². The van der Waals surface area contributed by atoms with Crippen molar-refractivity contribution in [1.82, 2.24) is 5.32 Å². The van der Waals surface area contributed by atoms with Gasteiger partial charge in [-0.25, -0.2) is 0 Å². The number of unbranched alkanes of at least 4 members (excludes halogenated alkanes) is 45. The lowest BCUT2D eigenvalue weighted by Crippen LogP contribution is -2.53. The molecule has 0 rings (SSSR count). The zero-order valence-electron chi connectivity index (χ0n) is 44.7. The lowest BCUT2D eigenvalue weighted by Gasteiger charge is -2.27. The van der Waals surface area contributed by atoms with E-state index in [0.717, 1.165) is 44.9 Å². The third-order valence-corrected chi connectivity index (χ3v) is 14.5. The van der Waals surface area contributed by atoms with Crippen molar-refractivity contribution >= 4 is 5.91 Å². The molecular formula is C60H119NO5. The second kappa shape index (κ2) is 55.0. The van der Waals surface area contributed by atoms with Crippen LogP contribution in [-0.4, -0.2) is 57.3 Å².